The van der Waals surface area contributed by atoms with Crippen LogP contribution in [0.5, 0.6) is 0 Å². The third-order valence-electron chi connectivity index (χ3n) is 0.731. The summed E-state index contributed by atoms with van der Waals surface area (Å²) in [6.45, 7) is 1.88. The molecular formula is C4H10BrNO. The zero-order valence-electron chi connectivity index (χ0n) is 4.48. The summed E-state index contributed by atoms with van der Waals surface area (Å²) in [5.74, 6) is 0. The maximum absolute atomic E-state index is 8.78. The third-order valence-corrected chi connectivity index (χ3v) is 1.23. The normalized spacial score (nSPS) is 18.9. The Morgan fingerprint density at radius 2 is 2.14 bits per heavy atom. The highest BCUT2D eigenvalue weighted by Crippen LogP contribution is 1.99. The standard InChI is InChI=1S/C4H10BrNO/c1-3(5)4(7)6-2/h3-4,6-7H,1-2H3/t3?,4-/m1/s1. The van der Waals surface area contributed by atoms with Crippen LogP contribution in [-0.4, -0.2) is 23.2 Å². The zero-order chi connectivity index (χ0) is 5.86. The average Bonchev–Trinajstić information content (AvgIpc) is 1.65. The molecule has 7 heavy (non-hydrogen) atoms. The van der Waals surface area contributed by atoms with E-state index in [4.69, 9.17) is 5.11 Å². The molecule has 0 bridgehead atoms. The van der Waals surface area contributed by atoms with Crippen molar-refractivity contribution in [3.63, 3.8) is 0 Å². The van der Waals surface area contributed by atoms with Gasteiger partial charge in [0.2, 0.25) is 0 Å². The third kappa shape index (κ3) is 3.02. The molecule has 0 heterocycles. The van der Waals surface area contributed by atoms with E-state index in [1.165, 1.54) is 0 Å². The Morgan fingerprint density at radius 3 is 2.14 bits per heavy atom. The Bertz CT molecular complexity index is 49.0. The van der Waals surface area contributed by atoms with Crippen molar-refractivity contribution in [1.82, 2.24) is 5.32 Å². The van der Waals surface area contributed by atoms with Crippen molar-refractivity contribution >= 4 is 15.9 Å². The van der Waals surface area contributed by atoms with Gasteiger partial charge in [0.1, 0.15) is 6.23 Å². The summed E-state index contributed by atoms with van der Waals surface area (Å²) in [6, 6.07) is 0. The number of aliphatic hydroxyl groups excluding tert-OH is 1. The van der Waals surface area contributed by atoms with Crippen molar-refractivity contribution in [3.05, 3.63) is 0 Å². The number of aliphatic hydroxyl groups is 1. The van der Waals surface area contributed by atoms with Crippen LogP contribution in [0.1, 0.15) is 6.92 Å². The van der Waals surface area contributed by atoms with E-state index in [-0.39, 0.29) is 4.83 Å². The molecule has 44 valence electrons. The van der Waals surface area contributed by atoms with Crippen molar-refractivity contribution in [3.8, 4) is 0 Å². The minimum absolute atomic E-state index is 0.123. The Hall–Kier alpha value is 0.400. The van der Waals surface area contributed by atoms with Crippen LogP contribution in [0.4, 0.5) is 0 Å². The Labute approximate surface area is 52.0 Å². The first-order valence-electron chi connectivity index (χ1n) is 2.18. The molecule has 1 unspecified atom stereocenters. The Morgan fingerprint density at radius 1 is 1.71 bits per heavy atom. The second-order valence-corrected chi connectivity index (χ2v) is 2.86. The Balaban J connectivity index is 3.14. The van der Waals surface area contributed by atoms with Crippen LogP contribution in [0.15, 0.2) is 0 Å². The van der Waals surface area contributed by atoms with Gasteiger partial charge in [0.05, 0.1) is 4.83 Å². The summed E-state index contributed by atoms with van der Waals surface area (Å²) in [4.78, 5) is 0.123. The number of halogens is 1. The lowest BCUT2D eigenvalue weighted by Crippen LogP contribution is -2.31. The van der Waals surface area contributed by atoms with E-state index in [1.54, 1.807) is 7.05 Å². The van der Waals surface area contributed by atoms with Gasteiger partial charge in [-0.05, 0) is 14.0 Å². The first kappa shape index (κ1) is 7.40. The summed E-state index contributed by atoms with van der Waals surface area (Å²) in [7, 11) is 1.71. The summed E-state index contributed by atoms with van der Waals surface area (Å²) in [5.41, 5.74) is 0. The smallest absolute Gasteiger partial charge is 0.117 e. The predicted molar refractivity (Wildman–Crippen MR) is 33.5 cm³/mol. The second kappa shape index (κ2) is 3.41. The largest absolute Gasteiger partial charge is 0.377 e. The molecule has 0 fully saturated rings. The fourth-order valence-electron chi connectivity index (χ4n) is 0.230. The minimum atomic E-state index is -0.431. The first-order valence-corrected chi connectivity index (χ1v) is 3.09. The number of hydrogen-bond acceptors (Lipinski definition) is 2. The molecule has 0 aromatic rings. The van der Waals surface area contributed by atoms with E-state index < -0.39 is 6.23 Å². The zero-order valence-corrected chi connectivity index (χ0v) is 6.07. The van der Waals surface area contributed by atoms with Gasteiger partial charge in [-0.25, -0.2) is 0 Å². The molecule has 2 atom stereocenters. The molecule has 0 radical (unpaired) electrons. The predicted octanol–water partition coefficient (Wildman–Crippen LogP) is 0.308. The van der Waals surface area contributed by atoms with Crippen LogP contribution in [0.2, 0.25) is 0 Å². The van der Waals surface area contributed by atoms with Crippen LogP contribution >= 0.6 is 15.9 Å². The average molecular weight is 168 g/mol. The Kier molecular flexibility index (Phi) is 3.60. The molecule has 2 N–H and O–H groups in total. The summed E-state index contributed by atoms with van der Waals surface area (Å²) >= 11 is 3.19. The van der Waals surface area contributed by atoms with E-state index >= 15 is 0 Å². The van der Waals surface area contributed by atoms with Crippen molar-refractivity contribution < 1.29 is 5.11 Å². The van der Waals surface area contributed by atoms with Crippen molar-refractivity contribution in [2.24, 2.45) is 0 Å². The highest BCUT2D eigenvalue weighted by atomic mass is 79.9. The minimum Gasteiger partial charge on any atom is -0.377 e. The summed E-state index contributed by atoms with van der Waals surface area (Å²) in [5, 5.41) is 11.5. The molecular weight excluding hydrogens is 158 g/mol. The van der Waals surface area contributed by atoms with Crippen molar-refractivity contribution in [2.75, 3.05) is 7.05 Å². The van der Waals surface area contributed by atoms with Gasteiger partial charge in [-0.2, -0.15) is 0 Å². The molecule has 0 aliphatic heterocycles. The molecule has 0 saturated carbocycles. The van der Waals surface area contributed by atoms with Gasteiger partial charge in [-0.3, -0.25) is 5.32 Å². The molecule has 0 rings (SSSR count). The van der Waals surface area contributed by atoms with E-state index in [1.807, 2.05) is 6.92 Å². The van der Waals surface area contributed by atoms with Crippen molar-refractivity contribution in [2.45, 2.75) is 18.0 Å². The van der Waals surface area contributed by atoms with E-state index in [2.05, 4.69) is 21.2 Å². The number of nitrogens with one attached hydrogen (secondary N) is 1. The van der Waals surface area contributed by atoms with Gasteiger partial charge in [0.15, 0.2) is 0 Å². The van der Waals surface area contributed by atoms with Gasteiger partial charge in [0, 0.05) is 0 Å². The molecule has 2 nitrogen and oxygen atoms in total. The number of hydrogen-bond donors (Lipinski definition) is 2. The number of alkyl halides is 1. The van der Waals surface area contributed by atoms with Gasteiger partial charge in [0.25, 0.3) is 0 Å². The molecule has 0 aliphatic carbocycles. The van der Waals surface area contributed by atoms with Crippen LogP contribution in [0.3, 0.4) is 0 Å². The van der Waals surface area contributed by atoms with Crippen LogP contribution in [0, 0.1) is 0 Å². The van der Waals surface area contributed by atoms with Crippen LogP contribution in [-0.2, 0) is 0 Å². The lowest BCUT2D eigenvalue weighted by atomic mass is 10.4. The molecule has 0 saturated heterocycles. The fourth-order valence-corrected chi connectivity index (χ4v) is 0.494. The van der Waals surface area contributed by atoms with E-state index in [0.717, 1.165) is 0 Å². The number of rotatable bonds is 2. The fraction of sp³-hybridized carbons (Fsp3) is 1.00. The van der Waals surface area contributed by atoms with E-state index in [0.29, 0.717) is 0 Å². The molecule has 0 aromatic heterocycles. The second-order valence-electron chi connectivity index (χ2n) is 1.41. The molecule has 0 amide bonds. The lowest BCUT2D eigenvalue weighted by molar-refractivity contribution is 0.150. The van der Waals surface area contributed by atoms with Gasteiger partial charge >= 0.3 is 0 Å². The topological polar surface area (TPSA) is 32.3 Å². The highest BCUT2D eigenvalue weighted by Gasteiger charge is 2.04. The quantitative estimate of drug-likeness (QED) is 0.459. The summed E-state index contributed by atoms with van der Waals surface area (Å²) < 4.78 is 0. The summed E-state index contributed by atoms with van der Waals surface area (Å²) in [6.07, 6.45) is -0.431. The van der Waals surface area contributed by atoms with Gasteiger partial charge in [-0.15, -0.1) is 0 Å². The molecule has 0 spiro atoms. The molecule has 0 aliphatic rings. The van der Waals surface area contributed by atoms with Crippen LogP contribution < -0.4 is 5.32 Å². The maximum atomic E-state index is 8.78. The molecule has 0 aromatic carbocycles. The van der Waals surface area contributed by atoms with Gasteiger partial charge in [-0.1, -0.05) is 15.9 Å². The molecule has 3 heteroatoms. The van der Waals surface area contributed by atoms with Gasteiger partial charge < -0.3 is 5.11 Å². The monoisotopic (exact) mass is 167 g/mol. The maximum Gasteiger partial charge on any atom is 0.117 e. The first-order chi connectivity index (χ1) is 3.18. The highest BCUT2D eigenvalue weighted by molar-refractivity contribution is 9.09. The van der Waals surface area contributed by atoms with E-state index in [9.17, 15) is 0 Å². The SMILES string of the molecule is CN[C@H](O)C(C)Br. The lowest BCUT2D eigenvalue weighted by Gasteiger charge is -2.09. The van der Waals surface area contributed by atoms with Crippen LogP contribution in [0.25, 0.3) is 0 Å². The van der Waals surface area contributed by atoms with Crippen molar-refractivity contribution in [1.29, 1.82) is 0 Å².